The van der Waals surface area contributed by atoms with Crippen molar-refractivity contribution in [3.05, 3.63) is 36.0 Å². The molecule has 0 spiro atoms. The molecule has 0 saturated heterocycles. The third-order valence-electron chi connectivity index (χ3n) is 4.12. The predicted molar refractivity (Wildman–Crippen MR) is 78.2 cm³/mol. The zero-order valence-electron chi connectivity index (χ0n) is 12.5. The number of hydrogen-bond donors (Lipinski definition) is 1. The number of benzene rings is 1. The summed E-state index contributed by atoms with van der Waals surface area (Å²) in [7, 11) is 0. The standard InChI is InChI=1S/C16H15F5N2O/c17-15(18)24-14-7-13-9(2-1-3-22-13)6-12(14)10-4-11(5-10)23-8-16(19,20)21/h1-3,6-7,10-11,15,23H,4-5,8H2. The van der Waals surface area contributed by atoms with Crippen molar-refractivity contribution in [2.45, 2.75) is 37.6 Å². The Morgan fingerprint density at radius 3 is 2.67 bits per heavy atom. The lowest BCUT2D eigenvalue weighted by Gasteiger charge is -2.37. The lowest BCUT2D eigenvalue weighted by atomic mass is 9.75. The van der Waals surface area contributed by atoms with E-state index in [9.17, 15) is 22.0 Å². The van der Waals surface area contributed by atoms with Crippen LogP contribution in [0.15, 0.2) is 30.5 Å². The molecule has 3 rings (SSSR count). The van der Waals surface area contributed by atoms with Gasteiger partial charge in [0.2, 0.25) is 0 Å². The van der Waals surface area contributed by atoms with Crippen LogP contribution in [-0.2, 0) is 0 Å². The van der Waals surface area contributed by atoms with E-state index >= 15 is 0 Å². The summed E-state index contributed by atoms with van der Waals surface area (Å²) < 4.78 is 66.5. The molecule has 0 atom stereocenters. The minimum absolute atomic E-state index is 0.0375. The molecule has 1 aliphatic carbocycles. The molecule has 3 nitrogen and oxygen atoms in total. The number of alkyl halides is 5. The summed E-state index contributed by atoms with van der Waals surface area (Å²) in [6, 6.07) is 6.43. The van der Waals surface area contributed by atoms with Gasteiger partial charge in [0.15, 0.2) is 0 Å². The predicted octanol–water partition coefficient (Wildman–Crippen LogP) is 4.23. The Balaban J connectivity index is 1.76. The first-order valence-corrected chi connectivity index (χ1v) is 7.45. The molecule has 0 radical (unpaired) electrons. The van der Waals surface area contributed by atoms with Gasteiger partial charge in [-0.3, -0.25) is 4.98 Å². The molecule has 1 heterocycles. The van der Waals surface area contributed by atoms with Gasteiger partial charge in [-0.1, -0.05) is 6.07 Å². The fourth-order valence-corrected chi connectivity index (χ4v) is 2.93. The molecule has 1 N–H and O–H groups in total. The number of rotatable bonds is 5. The van der Waals surface area contributed by atoms with E-state index in [0.717, 1.165) is 5.39 Å². The molecule has 1 aliphatic rings. The SMILES string of the molecule is FC(F)Oc1cc2ncccc2cc1C1CC(NCC(F)(F)F)C1. The fourth-order valence-electron chi connectivity index (χ4n) is 2.93. The van der Waals surface area contributed by atoms with Gasteiger partial charge in [0.1, 0.15) is 5.75 Å². The average molecular weight is 346 g/mol. The van der Waals surface area contributed by atoms with Crippen LogP contribution >= 0.6 is 0 Å². The van der Waals surface area contributed by atoms with Gasteiger partial charge >= 0.3 is 12.8 Å². The third kappa shape index (κ3) is 3.92. The van der Waals surface area contributed by atoms with Gasteiger partial charge in [0.25, 0.3) is 0 Å². The minimum atomic E-state index is -4.26. The zero-order chi connectivity index (χ0) is 17.3. The van der Waals surface area contributed by atoms with Crippen LogP contribution in [0.25, 0.3) is 10.9 Å². The summed E-state index contributed by atoms with van der Waals surface area (Å²) in [6.07, 6.45) is -1.82. The Morgan fingerprint density at radius 1 is 1.25 bits per heavy atom. The topological polar surface area (TPSA) is 34.1 Å². The molecule has 0 amide bonds. The molecule has 2 aromatic rings. The number of halogens is 5. The van der Waals surface area contributed by atoms with Crippen LogP contribution < -0.4 is 10.1 Å². The highest BCUT2D eigenvalue weighted by Gasteiger charge is 2.36. The molecular weight excluding hydrogens is 331 g/mol. The van der Waals surface area contributed by atoms with Gasteiger partial charge in [-0.05, 0) is 36.5 Å². The maximum atomic E-state index is 12.6. The van der Waals surface area contributed by atoms with Crippen LogP contribution in [-0.4, -0.2) is 30.4 Å². The highest BCUT2D eigenvalue weighted by Crippen LogP contribution is 2.43. The van der Waals surface area contributed by atoms with E-state index in [1.165, 1.54) is 6.07 Å². The Morgan fingerprint density at radius 2 is 2.00 bits per heavy atom. The molecule has 1 saturated carbocycles. The van der Waals surface area contributed by atoms with E-state index in [4.69, 9.17) is 0 Å². The zero-order valence-corrected chi connectivity index (χ0v) is 12.5. The van der Waals surface area contributed by atoms with Crippen LogP contribution in [0.4, 0.5) is 22.0 Å². The van der Waals surface area contributed by atoms with Gasteiger partial charge in [-0.15, -0.1) is 0 Å². The quantitative estimate of drug-likeness (QED) is 0.823. The summed E-state index contributed by atoms with van der Waals surface area (Å²) >= 11 is 0. The van der Waals surface area contributed by atoms with Crippen LogP contribution in [0.5, 0.6) is 5.75 Å². The normalized spacial score (nSPS) is 21.1. The lowest BCUT2D eigenvalue weighted by Crippen LogP contribution is -2.44. The largest absolute Gasteiger partial charge is 0.434 e. The second-order valence-electron chi connectivity index (χ2n) is 5.83. The lowest BCUT2D eigenvalue weighted by molar-refractivity contribution is -0.127. The van der Waals surface area contributed by atoms with E-state index in [2.05, 4.69) is 15.0 Å². The van der Waals surface area contributed by atoms with Gasteiger partial charge in [0, 0.05) is 23.7 Å². The van der Waals surface area contributed by atoms with Crippen molar-refractivity contribution >= 4 is 10.9 Å². The number of nitrogens with zero attached hydrogens (tertiary/aromatic N) is 1. The molecular formula is C16H15F5N2O. The monoisotopic (exact) mass is 346 g/mol. The van der Waals surface area contributed by atoms with Crippen LogP contribution in [0.3, 0.4) is 0 Å². The number of pyridine rings is 1. The van der Waals surface area contributed by atoms with Gasteiger partial charge < -0.3 is 10.1 Å². The second-order valence-corrected chi connectivity index (χ2v) is 5.83. The van der Waals surface area contributed by atoms with E-state index in [0.29, 0.717) is 23.9 Å². The Hall–Kier alpha value is -1.96. The summed E-state index contributed by atoms with van der Waals surface area (Å²) in [4.78, 5) is 4.10. The van der Waals surface area contributed by atoms with Crippen LogP contribution in [0, 0.1) is 0 Å². The van der Waals surface area contributed by atoms with Crippen molar-refractivity contribution < 1.29 is 26.7 Å². The highest BCUT2D eigenvalue weighted by molar-refractivity contribution is 5.81. The molecule has 0 unspecified atom stereocenters. The van der Waals surface area contributed by atoms with E-state index in [1.807, 2.05) is 0 Å². The number of hydrogen-bond acceptors (Lipinski definition) is 3. The van der Waals surface area contributed by atoms with Gasteiger partial charge in [0.05, 0.1) is 12.1 Å². The molecule has 1 aromatic heterocycles. The molecule has 8 heteroatoms. The van der Waals surface area contributed by atoms with Crippen LogP contribution in [0.1, 0.15) is 24.3 Å². The average Bonchev–Trinajstić information content (AvgIpc) is 2.44. The summed E-state index contributed by atoms with van der Waals surface area (Å²) in [5, 5.41) is 3.21. The first-order valence-electron chi connectivity index (χ1n) is 7.45. The second kappa shape index (κ2) is 6.51. The third-order valence-corrected chi connectivity index (χ3v) is 4.12. The Bertz CT molecular complexity index is 713. The van der Waals surface area contributed by atoms with Gasteiger partial charge in [-0.2, -0.15) is 22.0 Å². The minimum Gasteiger partial charge on any atom is -0.434 e. The molecule has 130 valence electrons. The number of aromatic nitrogens is 1. The fraction of sp³-hybridized carbons (Fsp3) is 0.438. The summed E-state index contributed by atoms with van der Waals surface area (Å²) in [5.41, 5.74) is 1.11. The smallest absolute Gasteiger partial charge is 0.401 e. The number of ether oxygens (including phenoxy) is 1. The first-order chi connectivity index (χ1) is 11.3. The summed E-state index contributed by atoms with van der Waals surface area (Å²) in [6.45, 7) is -4.02. The molecule has 24 heavy (non-hydrogen) atoms. The molecule has 1 aromatic carbocycles. The summed E-state index contributed by atoms with van der Waals surface area (Å²) in [5.74, 6) is -0.0791. The number of fused-ring (bicyclic) bond motifs is 1. The highest BCUT2D eigenvalue weighted by atomic mass is 19.4. The Kier molecular flexibility index (Phi) is 4.58. The van der Waals surface area contributed by atoms with Crippen molar-refractivity contribution in [2.75, 3.05) is 6.54 Å². The van der Waals surface area contributed by atoms with E-state index in [1.54, 1.807) is 24.4 Å². The van der Waals surface area contributed by atoms with Gasteiger partial charge in [-0.25, -0.2) is 0 Å². The number of nitrogens with one attached hydrogen (secondary N) is 1. The van der Waals surface area contributed by atoms with Crippen molar-refractivity contribution in [3.8, 4) is 5.75 Å². The molecule has 1 fully saturated rings. The van der Waals surface area contributed by atoms with E-state index < -0.39 is 19.3 Å². The Labute approximate surface area is 134 Å². The first kappa shape index (κ1) is 16.9. The van der Waals surface area contributed by atoms with Crippen molar-refractivity contribution in [3.63, 3.8) is 0 Å². The van der Waals surface area contributed by atoms with Crippen molar-refractivity contribution in [1.29, 1.82) is 0 Å². The van der Waals surface area contributed by atoms with Crippen molar-refractivity contribution in [2.24, 2.45) is 0 Å². The van der Waals surface area contributed by atoms with E-state index in [-0.39, 0.29) is 17.7 Å². The molecule has 0 bridgehead atoms. The molecule has 0 aliphatic heterocycles. The van der Waals surface area contributed by atoms with Crippen molar-refractivity contribution in [1.82, 2.24) is 10.3 Å². The maximum absolute atomic E-state index is 12.6. The van der Waals surface area contributed by atoms with Crippen LogP contribution in [0.2, 0.25) is 0 Å². The maximum Gasteiger partial charge on any atom is 0.401 e.